The number of hydrogen-bond acceptors (Lipinski definition) is 6. The van der Waals surface area contributed by atoms with Gasteiger partial charge in [0.1, 0.15) is 4.90 Å². The molecule has 0 aromatic heterocycles. The summed E-state index contributed by atoms with van der Waals surface area (Å²) in [6.45, 7) is 1.93. The third-order valence-electron chi connectivity index (χ3n) is 3.96. The van der Waals surface area contributed by atoms with Gasteiger partial charge in [-0.1, -0.05) is 6.92 Å². The minimum absolute atomic E-state index is 0.00211. The molecule has 1 aromatic carbocycles. The number of nitrogen functional groups attached to an aromatic ring is 1. The summed E-state index contributed by atoms with van der Waals surface area (Å²) in [6, 6.07) is 3.44. The Bertz CT molecular complexity index is 650. The van der Waals surface area contributed by atoms with Gasteiger partial charge in [0, 0.05) is 17.7 Å². The number of nitro benzene ring substituents is 1. The number of rotatable bonds is 6. The van der Waals surface area contributed by atoms with Gasteiger partial charge in [0.05, 0.1) is 10.6 Å². The van der Waals surface area contributed by atoms with Crippen LogP contribution in [0.4, 0.5) is 11.4 Å². The number of nitro groups is 1. The zero-order chi connectivity index (χ0) is 15.7. The molecule has 0 radical (unpaired) electrons. The summed E-state index contributed by atoms with van der Waals surface area (Å²) in [5.41, 5.74) is 1.58. The van der Waals surface area contributed by atoms with Crippen LogP contribution < -0.4 is 16.0 Å². The molecular formula is C12H18N4O4S. The number of nitrogens with zero attached hydrogens (tertiary/aromatic N) is 1. The van der Waals surface area contributed by atoms with Gasteiger partial charge in [0.15, 0.2) is 0 Å². The molecule has 9 heteroatoms. The highest BCUT2D eigenvalue weighted by atomic mass is 32.2. The average molecular weight is 314 g/mol. The summed E-state index contributed by atoms with van der Waals surface area (Å²) in [6.07, 6.45) is 3.27. The Balaban J connectivity index is 2.37. The van der Waals surface area contributed by atoms with Gasteiger partial charge in [-0.2, -0.15) is 0 Å². The number of nitrogens with two attached hydrogens (primary N) is 1. The molecular weight excluding hydrogens is 296 g/mol. The summed E-state index contributed by atoms with van der Waals surface area (Å²) in [7, 11) is -3.79. The SMILES string of the molecule is CCC1(NS(=O)(=O)c2ccc([N+](=O)[O-])cc2NN)CCC1. The fraction of sp³-hybridized carbons (Fsp3) is 0.500. The standard InChI is InChI=1S/C12H18N4O4S/c1-2-12(6-3-7-12)15-21(19,20)11-5-4-9(16(17)18)8-10(11)14-13/h4-5,8,14-15H,2-3,6-7,13H2,1H3. The summed E-state index contributed by atoms with van der Waals surface area (Å²) >= 11 is 0. The van der Waals surface area contributed by atoms with Gasteiger partial charge >= 0.3 is 0 Å². The van der Waals surface area contributed by atoms with Gasteiger partial charge in [0.2, 0.25) is 10.0 Å². The highest BCUT2D eigenvalue weighted by Gasteiger charge is 2.39. The molecule has 0 amide bonds. The van der Waals surface area contributed by atoms with Gasteiger partial charge in [0.25, 0.3) is 5.69 Å². The summed E-state index contributed by atoms with van der Waals surface area (Å²) < 4.78 is 27.7. The van der Waals surface area contributed by atoms with E-state index in [1.807, 2.05) is 6.92 Å². The molecule has 0 spiro atoms. The molecule has 21 heavy (non-hydrogen) atoms. The van der Waals surface area contributed by atoms with Crippen LogP contribution in [0.2, 0.25) is 0 Å². The second-order valence-corrected chi connectivity index (χ2v) is 6.83. The molecule has 8 nitrogen and oxygen atoms in total. The Morgan fingerprint density at radius 2 is 2.10 bits per heavy atom. The Hall–Kier alpha value is -1.71. The van der Waals surface area contributed by atoms with E-state index in [1.165, 1.54) is 6.07 Å². The molecule has 0 unspecified atom stereocenters. The van der Waals surface area contributed by atoms with Crippen LogP contribution >= 0.6 is 0 Å². The highest BCUT2D eigenvalue weighted by molar-refractivity contribution is 7.89. The van der Waals surface area contributed by atoms with Crippen molar-refractivity contribution in [3.8, 4) is 0 Å². The maximum atomic E-state index is 12.5. The normalized spacial score (nSPS) is 17.0. The third kappa shape index (κ3) is 2.99. The van der Waals surface area contributed by atoms with Crippen molar-refractivity contribution in [1.82, 2.24) is 4.72 Å². The lowest BCUT2D eigenvalue weighted by Crippen LogP contribution is -2.52. The predicted molar refractivity (Wildman–Crippen MR) is 78.1 cm³/mol. The summed E-state index contributed by atoms with van der Waals surface area (Å²) in [5.74, 6) is 5.29. The Kier molecular flexibility index (Phi) is 4.17. The minimum atomic E-state index is -3.79. The molecule has 0 bridgehead atoms. The largest absolute Gasteiger partial charge is 0.323 e. The molecule has 1 fully saturated rings. The van der Waals surface area contributed by atoms with Crippen molar-refractivity contribution < 1.29 is 13.3 Å². The maximum absolute atomic E-state index is 12.5. The van der Waals surface area contributed by atoms with Gasteiger partial charge in [-0.05, 0) is 31.7 Å². The molecule has 0 heterocycles. The van der Waals surface area contributed by atoms with Crippen LogP contribution in [0.5, 0.6) is 0 Å². The Morgan fingerprint density at radius 1 is 1.43 bits per heavy atom. The lowest BCUT2D eigenvalue weighted by atomic mass is 9.76. The van der Waals surface area contributed by atoms with E-state index in [0.29, 0.717) is 6.42 Å². The number of nitrogens with one attached hydrogen (secondary N) is 2. The fourth-order valence-corrected chi connectivity index (χ4v) is 4.13. The van der Waals surface area contributed by atoms with E-state index in [4.69, 9.17) is 5.84 Å². The first-order valence-electron chi connectivity index (χ1n) is 6.62. The van der Waals surface area contributed by atoms with Crippen molar-refractivity contribution in [1.29, 1.82) is 0 Å². The van der Waals surface area contributed by atoms with E-state index in [-0.39, 0.29) is 16.3 Å². The van der Waals surface area contributed by atoms with Crippen LogP contribution in [0.25, 0.3) is 0 Å². The molecule has 0 atom stereocenters. The molecule has 0 saturated heterocycles. The van der Waals surface area contributed by atoms with Gasteiger partial charge < -0.3 is 5.43 Å². The van der Waals surface area contributed by atoms with Crippen molar-refractivity contribution in [2.75, 3.05) is 5.43 Å². The van der Waals surface area contributed by atoms with Crippen LogP contribution in [-0.4, -0.2) is 18.9 Å². The number of benzene rings is 1. The molecule has 1 aromatic rings. The van der Waals surface area contributed by atoms with Crippen LogP contribution in [-0.2, 0) is 10.0 Å². The van der Waals surface area contributed by atoms with Crippen molar-refractivity contribution in [3.05, 3.63) is 28.3 Å². The topological polar surface area (TPSA) is 127 Å². The molecule has 2 rings (SSSR count). The van der Waals surface area contributed by atoms with Crippen molar-refractivity contribution in [2.24, 2.45) is 5.84 Å². The molecule has 1 aliphatic carbocycles. The number of hydrazine groups is 1. The monoisotopic (exact) mass is 314 g/mol. The van der Waals surface area contributed by atoms with E-state index in [2.05, 4.69) is 10.1 Å². The van der Waals surface area contributed by atoms with Crippen molar-refractivity contribution in [2.45, 2.75) is 43.0 Å². The number of anilines is 1. The zero-order valence-corrected chi connectivity index (χ0v) is 12.4. The van der Waals surface area contributed by atoms with E-state index in [9.17, 15) is 18.5 Å². The lowest BCUT2D eigenvalue weighted by molar-refractivity contribution is -0.384. The molecule has 116 valence electrons. The van der Waals surface area contributed by atoms with Crippen molar-refractivity contribution >= 4 is 21.4 Å². The second-order valence-electron chi connectivity index (χ2n) is 5.17. The summed E-state index contributed by atoms with van der Waals surface area (Å²) in [5, 5.41) is 10.7. The fourth-order valence-electron chi connectivity index (χ4n) is 2.45. The molecule has 1 aliphatic rings. The van der Waals surface area contributed by atoms with Crippen LogP contribution in [0.1, 0.15) is 32.6 Å². The Labute approximate surface area is 122 Å². The van der Waals surface area contributed by atoms with E-state index in [0.717, 1.165) is 31.4 Å². The maximum Gasteiger partial charge on any atom is 0.271 e. The third-order valence-corrected chi connectivity index (χ3v) is 5.59. The van der Waals surface area contributed by atoms with E-state index >= 15 is 0 Å². The molecule has 4 N–H and O–H groups in total. The first-order chi connectivity index (χ1) is 9.83. The second kappa shape index (κ2) is 5.58. The van der Waals surface area contributed by atoms with E-state index in [1.54, 1.807) is 0 Å². The van der Waals surface area contributed by atoms with Crippen LogP contribution in [0.3, 0.4) is 0 Å². The van der Waals surface area contributed by atoms with Gasteiger partial charge in [-0.25, -0.2) is 13.1 Å². The van der Waals surface area contributed by atoms with Crippen molar-refractivity contribution in [3.63, 3.8) is 0 Å². The highest BCUT2D eigenvalue weighted by Crippen LogP contribution is 2.37. The summed E-state index contributed by atoms with van der Waals surface area (Å²) in [4.78, 5) is 10.0. The predicted octanol–water partition coefficient (Wildman–Crippen LogP) is 1.49. The first-order valence-corrected chi connectivity index (χ1v) is 8.11. The van der Waals surface area contributed by atoms with E-state index < -0.39 is 20.5 Å². The van der Waals surface area contributed by atoms with Crippen LogP contribution in [0, 0.1) is 10.1 Å². The zero-order valence-electron chi connectivity index (χ0n) is 11.6. The molecule has 0 aliphatic heterocycles. The number of hydrogen-bond donors (Lipinski definition) is 3. The molecule has 1 saturated carbocycles. The Morgan fingerprint density at radius 3 is 2.52 bits per heavy atom. The smallest absolute Gasteiger partial charge is 0.271 e. The lowest BCUT2D eigenvalue weighted by Gasteiger charge is -2.41. The van der Waals surface area contributed by atoms with Gasteiger partial charge in [-0.15, -0.1) is 0 Å². The number of non-ortho nitro benzene ring substituents is 1. The average Bonchev–Trinajstić information content (AvgIpc) is 2.42. The van der Waals surface area contributed by atoms with Gasteiger partial charge in [-0.3, -0.25) is 16.0 Å². The first kappa shape index (κ1) is 15.7. The quantitative estimate of drug-likeness (QED) is 0.414. The van der Waals surface area contributed by atoms with Crippen LogP contribution in [0.15, 0.2) is 23.1 Å². The minimum Gasteiger partial charge on any atom is -0.323 e. The number of sulfonamides is 1.